The van der Waals surface area contributed by atoms with Gasteiger partial charge in [0.2, 0.25) is 5.91 Å². The number of amides is 2. The second-order valence-electron chi connectivity index (χ2n) is 6.75. The van der Waals surface area contributed by atoms with Crippen molar-refractivity contribution in [3.05, 3.63) is 35.9 Å². The summed E-state index contributed by atoms with van der Waals surface area (Å²) in [7, 11) is 0. The largest absolute Gasteiger partial charge is 0.480 e. The van der Waals surface area contributed by atoms with E-state index in [2.05, 4.69) is 10.4 Å². The Kier molecular flexibility index (Phi) is 6.18. The fraction of sp³-hybridized carbons (Fsp3) is 0.474. The van der Waals surface area contributed by atoms with Gasteiger partial charge in [-0.3, -0.25) is 9.59 Å². The minimum Gasteiger partial charge on any atom is -0.480 e. The van der Waals surface area contributed by atoms with E-state index >= 15 is 0 Å². The molecular formula is C19H23N3O5. The lowest BCUT2D eigenvalue weighted by Crippen LogP contribution is -2.51. The number of ether oxygens (including phenoxy) is 1. The van der Waals surface area contributed by atoms with Gasteiger partial charge in [0.25, 0.3) is 5.91 Å². The molecule has 0 spiro atoms. The number of hydrogen-bond donors (Lipinski definition) is 2. The minimum atomic E-state index is -1.09. The standard InChI is InChI=1S/C19H23N3O5/c23-16-9-8-15(21-22(16)11-13-5-2-1-3-6-13)18(24)20-17(19(25)26)14-7-4-10-27-12-14/h1-3,5-6,14,17H,4,7-12H2,(H,20,24)(H,25,26). The Bertz CT molecular complexity index is 728. The molecule has 2 N–H and O–H groups in total. The topological polar surface area (TPSA) is 108 Å². The summed E-state index contributed by atoms with van der Waals surface area (Å²) in [6.07, 6.45) is 1.82. The van der Waals surface area contributed by atoms with Gasteiger partial charge in [0, 0.05) is 25.4 Å². The van der Waals surface area contributed by atoms with Crippen molar-refractivity contribution in [1.82, 2.24) is 10.3 Å². The van der Waals surface area contributed by atoms with Crippen molar-refractivity contribution in [2.45, 2.75) is 38.3 Å². The van der Waals surface area contributed by atoms with E-state index in [0.717, 1.165) is 12.0 Å². The second-order valence-corrected chi connectivity index (χ2v) is 6.75. The Morgan fingerprint density at radius 2 is 2.07 bits per heavy atom. The van der Waals surface area contributed by atoms with Crippen LogP contribution in [0, 0.1) is 5.92 Å². The number of aliphatic carboxylic acids is 1. The Morgan fingerprint density at radius 3 is 2.74 bits per heavy atom. The highest BCUT2D eigenvalue weighted by molar-refractivity contribution is 6.39. The summed E-state index contributed by atoms with van der Waals surface area (Å²) < 4.78 is 5.34. The molecule has 1 aromatic rings. The molecule has 2 aliphatic heterocycles. The summed E-state index contributed by atoms with van der Waals surface area (Å²) in [5, 5.41) is 17.5. The minimum absolute atomic E-state index is 0.161. The Labute approximate surface area is 157 Å². The van der Waals surface area contributed by atoms with E-state index in [0.29, 0.717) is 19.6 Å². The molecule has 0 aliphatic carbocycles. The van der Waals surface area contributed by atoms with Crippen molar-refractivity contribution in [3.63, 3.8) is 0 Å². The molecule has 27 heavy (non-hydrogen) atoms. The van der Waals surface area contributed by atoms with E-state index in [-0.39, 0.29) is 36.9 Å². The van der Waals surface area contributed by atoms with Gasteiger partial charge in [0.1, 0.15) is 11.8 Å². The monoisotopic (exact) mass is 373 g/mol. The summed E-state index contributed by atoms with van der Waals surface area (Å²) in [6, 6.07) is 8.34. The number of carboxylic acids is 1. The fourth-order valence-corrected chi connectivity index (χ4v) is 3.28. The Balaban J connectivity index is 1.69. The molecule has 2 atom stereocenters. The van der Waals surface area contributed by atoms with E-state index in [1.807, 2.05) is 30.3 Å². The van der Waals surface area contributed by atoms with E-state index in [9.17, 15) is 19.5 Å². The predicted octanol–water partition coefficient (Wildman–Crippen LogP) is 1.16. The maximum absolute atomic E-state index is 12.6. The van der Waals surface area contributed by atoms with Gasteiger partial charge in [-0.1, -0.05) is 30.3 Å². The van der Waals surface area contributed by atoms with Gasteiger partial charge < -0.3 is 15.2 Å². The van der Waals surface area contributed by atoms with Crippen LogP contribution in [-0.2, 0) is 25.7 Å². The molecule has 2 unspecified atom stereocenters. The summed E-state index contributed by atoms with van der Waals surface area (Å²) >= 11 is 0. The number of nitrogens with zero attached hydrogens (tertiary/aromatic N) is 2. The van der Waals surface area contributed by atoms with Crippen molar-refractivity contribution < 1.29 is 24.2 Å². The Morgan fingerprint density at radius 1 is 1.30 bits per heavy atom. The number of carbonyl (C=O) groups excluding carboxylic acids is 2. The van der Waals surface area contributed by atoms with Crippen LogP contribution in [0.4, 0.5) is 0 Å². The van der Waals surface area contributed by atoms with Crippen LogP contribution < -0.4 is 5.32 Å². The second kappa shape index (κ2) is 8.77. The lowest BCUT2D eigenvalue weighted by atomic mass is 9.93. The van der Waals surface area contributed by atoms with Crippen LogP contribution in [0.1, 0.15) is 31.2 Å². The van der Waals surface area contributed by atoms with E-state index in [1.54, 1.807) is 0 Å². The number of carboxylic acid groups (broad SMARTS) is 1. The van der Waals surface area contributed by atoms with E-state index in [4.69, 9.17) is 4.74 Å². The molecule has 8 nitrogen and oxygen atoms in total. The zero-order valence-electron chi connectivity index (χ0n) is 15.0. The molecule has 2 heterocycles. The van der Waals surface area contributed by atoms with Crippen molar-refractivity contribution in [1.29, 1.82) is 0 Å². The first-order valence-corrected chi connectivity index (χ1v) is 9.08. The van der Waals surface area contributed by atoms with E-state index in [1.165, 1.54) is 5.01 Å². The van der Waals surface area contributed by atoms with Gasteiger partial charge >= 0.3 is 5.97 Å². The molecule has 8 heteroatoms. The molecule has 2 amide bonds. The third-order valence-electron chi connectivity index (χ3n) is 4.76. The van der Waals surface area contributed by atoms with Gasteiger partial charge in [-0.15, -0.1) is 0 Å². The quantitative estimate of drug-likeness (QED) is 0.778. The molecule has 2 aliphatic rings. The van der Waals surface area contributed by atoms with Gasteiger partial charge in [-0.25, -0.2) is 9.80 Å². The van der Waals surface area contributed by atoms with Crippen molar-refractivity contribution >= 4 is 23.5 Å². The van der Waals surface area contributed by atoms with Gasteiger partial charge in [-0.05, 0) is 18.4 Å². The number of nitrogens with one attached hydrogen (secondary N) is 1. The average Bonchev–Trinajstić information content (AvgIpc) is 2.69. The number of carbonyl (C=O) groups is 3. The number of hydrogen-bond acceptors (Lipinski definition) is 5. The molecular weight excluding hydrogens is 350 g/mol. The third kappa shape index (κ3) is 4.91. The molecule has 0 aromatic heterocycles. The van der Waals surface area contributed by atoms with Crippen LogP contribution in [-0.4, -0.2) is 52.9 Å². The zero-order valence-corrected chi connectivity index (χ0v) is 15.0. The van der Waals surface area contributed by atoms with Crippen LogP contribution in [0.3, 0.4) is 0 Å². The van der Waals surface area contributed by atoms with Crippen molar-refractivity contribution in [2.24, 2.45) is 11.0 Å². The molecule has 0 radical (unpaired) electrons. The van der Waals surface area contributed by atoms with Crippen molar-refractivity contribution in [2.75, 3.05) is 13.2 Å². The highest BCUT2D eigenvalue weighted by Gasteiger charge is 2.33. The highest BCUT2D eigenvalue weighted by Crippen LogP contribution is 2.19. The summed E-state index contributed by atoms with van der Waals surface area (Å²) in [5.41, 5.74) is 1.08. The maximum atomic E-state index is 12.6. The number of rotatable bonds is 6. The summed E-state index contributed by atoms with van der Waals surface area (Å²) in [5.74, 6) is -2.07. The first-order valence-electron chi connectivity index (χ1n) is 9.08. The lowest BCUT2D eigenvalue weighted by molar-refractivity contribution is -0.144. The summed E-state index contributed by atoms with van der Waals surface area (Å²) in [6.45, 7) is 1.19. The smallest absolute Gasteiger partial charge is 0.326 e. The average molecular weight is 373 g/mol. The predicted molar refractivity (Wildman–Crippen MR) is 96.8 cm³/mol. The molecule has 0 bridgehead atoms. The first-order chi connectivity index (χ1) is 13.0. The normalized spacial score (nSPS) is 21.3. The zero-order chi connectivity index (χ0) is 19.2. The van der Waals surface area contributed by atoms with Gasteiger partial charge in [-0.2, -0.15) is 5.10 Å². The SMILES string of the molecule is O=C(NC(C(=O)O)C1CCCOC1)C1=NN(Cc2ccccc2)C(=O)CC1. The van der Waals surface area contributed by atoms with Crippen molar-refractivity contribution in [3.8, 4) is 0 Å². The molecule has 1 aromatic carbocycles. The van der Waals surface area contributed by atoms with Crippen LogP contribution in [0.5, 0.6) is 0 Å². The number of hydrazone groups is 1. The van der Waals surface area contributed by atoms with Crippen LogP contribution in [0.2, 0.25) is 0 Å². The lowest BCUT2D eigenvalue weighted by Gasteiger charge is -2.29. The maximum Gasteiger partial charge on any atom is 0.326 e. The van der Waals surface area contributed by atoms with Gasteiger partial charge in [0.05, 0.1) is 13.2 Å². The van der Waals surface area contributed by atoms with Gasteiger partial charge in [0.15, 0.2) is 0 Å². The van der Waals surface area contributed by atoms with Crippen LogP contribution in [0.15, 0.2) is 35.4 Å². The Hall–Kier alpha value is -2.74. The van der Waals surface area contributed by atoms with Crippen LogP contribution in [0.25, 0.3) is 0 Å². The summed E-state index contributed by atoms with van der Waals surface area (Å²) in [4.78, 5) is 36.3. The fourth-order valence-electron chi connectivity index (χ4n) is 3.28. The molecule has 3 rings (SSSR count). The molecule has 0 saturated carbocycles. The van der Waals surface area contributed by atoms with Crippen LogP contribution >= 0.6 is 0 Å². The first kappa shape index (κ1) is 19.0. The third-order valence-corrected chi connectivity index (χ3v) is 4.76. The number of benzene rings is 1. The molecule has 144 valence electrons. The highest BCUT2D eigenvalue weighted by atomic mass is 16.5. The molecule has 1 saturated heterocycles. The molecule has 1 fully saturated rings. The van der Waals surface area contributed by atoms with E-state index < -0.39 is 17.9 Å².